The second-order valence-corrected chi connectivity index (χ2v) is 11.8. The Balaban J connectivity index is 1.32. The molecule has 10 rings (SSSR count). The monoisotopic (exact) mass is 575 g/mol. The number of nitrogens with zero attached hydrogens (tertiary/aromatic N) is 4. The average Bonchev–Trinajstić information content (AvgIpc) is 3.63. The highest BCUT2D eigenvalue weighted by Gasteiger charge is 2.38. The summed E-state index contributed by atoms with van der Waals surface area (Å²) in [6.45, 7) is 0. The zero-order valence-corrected chi connectivity index (χ0v) is 24.4. The zero-order valence-electron chi connectivity index (χ0n) is 24.4. The van der Waals surface area contributed by atoms with Gasteiger partial charge in [-0.05, 0) is 42.0 Å². The lowest BCUT2D eigenvalue weighted by atomic mass is 10.0. The van der Waals surface area contributed by atoms with Crippen molar-refractivity contribution in [2.24, 2.45) is 0 Å². The minimum atomic E-state index is 0.0619. The van der Waals surface area contributed by atoms with Crippen molar-refractivity contribution in [3.63, 3.8) is 0 Å². The second kappa shape index (κ2) is 9.25. The van der Waals surface area contributed by atoms with Crippen molar-refractivity contribution < 1.29 is 0 Å². The summed E-state index contributed by atoms with van der Waals surface area (Å²) in [6, 6.07) is 44.0. The van der Waals surface area contributed by atoms with Crippen molar-refractivity contribution in [3.8, 4) is 16.8 Å². The summed E-state index contributed by atoms with van der Waals surface area (Å²) >= 11 is 0. The Morgan fingerprint density at radius 1 is 0.622 bits per heavy atom. The number of allylic oxidation sites excluding steroid dienone is 4. The van der Waals surface area contributed by atoms with Crippen molar-refractivity contribution in [2.45, 2.75) is 6.04 Å². The number of rotatable bonds is 3. The molecule has 0 N–H and O–H groups in total. The third kappa shape index (κ3) is 3.36. The number of fused-ring (bicyclic) bond motifs is 9. The first kappa shape index (κ1) is 24.4. The molecule has 0 amide bonds. The van der Waals surface area contributed by atoms with E-state index in [1.165, 1.54) is 60.7 Å². The Bertz CT molecular complexity index is 2580. The van der Waals surface area contributed by atoms with Gasteiger partial charge in [0.2, 0.25) is 17.1 Å². The molecule has 0 saturated heterocycles. The molecule has 0 bridgehead atoms. The second-order valence-electron chi connectivity index (χ2n) is 11.8. The van der Waals surface area contributed by atoms with Gasteiger partial charge in [0.15, 0.2) is 0 Å². The first-order chi connectivity index (χ1) is 22.4. The maximum absolute atomic E-state index is 4.38. The van der Waals surface area contributed by atoms with E-state index in [4.69, 9.17) is 0 Å². The van der Waals surface area contributed by atoms with E-state index in [9.17, 15) is 0 Å². The number of para-hydroxylation sites is 3. The molecule has 4 heteroatoms. The van der Waals surface area contributed by atoms with Crippen LogP contribution in [0, 0.1) is 0 Å². The third-order valence-electron chi connectivity index (χ3n) is 9.47. The number of hydrogen-bond donors (Lipinski definition) is 0. The van der Waals surface area contributed by atoms with Crippen molar-refractivity contribution in [2.75, 3.05) is 0 Å². The van der Waals surface area contributed by atoms with Gasteiger partial charge in [0.1, 0.15) is 11.6 Å². The Hall–Kier alpha value is -6.00. The Morgan fingerprint density at radius 3 is 2.33 bits per heavy atom. The van der Waals surface area contributed by atoms with Crippen LogP contribution in [0.4, 0.5) is 11.4 Å². The van der Waals surface area contributed by atoms with Crippen LogP contribution in [0.15, 0.2) is 158 Å². The lowest BCUT2D eigenvalue weighted by molar-refractivity contribution is 0.781. The minimum absolute atomic E-state index is 0.0619. The molecule has 1 aliphatic carbocycles. The van der Waals surface area contributed by atoms with Crippen LogP contribution in [0.1, 0.15) is 6.04 Å². The number of pyridine rings is 1. The molecule has 2 aliphatic rings. The highest BCUT2D eigenvalue weighted by Crippen LogP contribution is 2.47. The molecular formula is C41H27N4+. The number of aromatic nitrogens is 3. The van der Waals surface area contributed by atoms with Gasteiger partial charge in [0, 0.05) is 69.5 Å². The third-order valence-corrected chi connectivity index (χ3v) is 9.47. The first-order valence-corrected chi connectivity index (χ1v) is 15.4. The minimum Gasteiger partial charge on any atom is -0.318 e. The van der Waals surface area contributed by atoms with E-state index in [-0.39, 0.29) is 6.04 Å². The summed E-state index contributed by atoms with van der Waals surface area (Å²) in [5.74, 6) is 0. The van der Waals surface area contributed by atoms with Crippen molar-refractivity contribution in [1.82, 2.24) is 18.7 Å². The number of benzene rings is 5. The molecule has 5 aromatic carbocycles. The first-order valence-electron chi connectivity index (χ1n) is 15.4. The van der Waals surface area contributed by atoms with Gasteiger partial charge >= 0.3 is 0 Å². The van der Waals surface area contributed by atoms with Crippen LogP contribution >= 0.6 is 0 Å². The zero-order chi connectivity index (χ0) is 29.5. The van der Waals surface area contributed by atoms with Gasteiger partial charge in [0.25, 0.3) is 0 Å². The van der Waals surface area contributed by atoms with Crippen LogP contribution < -0.4 is 4.58 Å². The Morgan fingerprint density at radius 2 is 1.42 bits per heavy atom. The molecule has 45 heavy (non-hydrogen) atoms. The summed E-state index contributed by atoms with van der Waals surface area (Å²) in [7, 11) is 0. The van der Waals surface area contributed by atoms with Crippen LogP contribution in [-0.2, 0) is 0 Å². The quantitative estimate of drug-likeness (QED) is 0.193. The van der Waals surface area contributed by atoms with Crippen molar-refractivity contribution >= 4 is 60.7 Å². The van der Waals surface area contributed by atoms with Gasteiger partial charge in [-0.3, -0.25) is 4.98 Å². The topological polar surface area (TPSA) is 25.8 Å². The summed E-state index contributed by atoms with van der Waals surface area (Å²) in [4.78, 5) is 4.38. The summed E-state index contributed by atoms with van der Waals surface area (Å²) in [5, 5.41) is 5.16. The van der Waals surface area contributed by atoms with Crippen LogP contribution in [0.5, 0.6) is 0 Å². The summed E-state index contributed by atoms with van der Waals surface area (Å²) in [5.41, 5.74) is 12.0. The standard InChI is InChI=1S/C41H27N4/c1-2-13-29(14-3-1)43-33-18-5-4-16-31(33)39-36(43)22-23-37-40(39)32-17-9-21-38-41(32)45(37)35-20-7-6-19-34(35)44(38)30-15-8-11-27(25-30)28-12-10-24-42-26-28/h1-26,35H/q+1. The van der Waals surface area contributed by atoms with Gasteiger partial charge < -0.3 is 9.13 Å². The predicted molar refractivity (Wildman–Crippen MR) is 187 cm³/mol. The van der Waals surface area contributed by atoms with Crippen molar-refractivity contribution in [1.29, 1.82) is 0 Å². The molecule has 0 fully saturated rings. The Kier molecular flexibility index (Phi) is 5.02. The smallest absolute Gasteiger partial charge is 0.235 e. The van der Waals surface area contributed by atoms with E-state index in [2.05, 4.69) is 158 Å². The van der Waals surface area contributed by atoms with Crippen LogP contribution in [-0.4, -0.2) is 19.8 Å². The van der Waals surface area contributed by atoms with Gasteiger partial charge in [-0.2, -0.15) is 4.58 Å². The van der Waals surface area contributed by atoms with Crippen LogP contribution in [0.25, 0.3) is 60.4 Å². The van der Waals surface area contributed by atoms with Gasteiger partial charge in [-0.15, -0.1) is 0 Å². The van der Waals surface area contributed by atoms with Gasteiger partial charge in [-0.1, -0.05) is 85.0 Å². The predicted octanol–water partition coefficient (Wildman–Crippen LogP) is 9.91. The fraction of sp³-hybridized carbons (Fsp3) is 0.0244. The average molecular weight is 576 g/mol. The highest BCUT2D eigenvalue weighted by atomic mass is 15.2. The number of hydrogen-bond acceptors (Lipinski definition) is 1. The lowest BCUT2D eigenvalue weighted by Crippen LogP contribution is -2.30. The normalized spacial score (nSPS) is 15.5. The van der Waals surface area contributed by atoms with E-state index in [1.807, 2.05) is 18.5 Å². The largest absolute Gasteiger partial charge is 0.318 e. The lowest BCUT2D eigenvalue weighted by Gasteiger charge is -2.24. The molecule has 3 aromatic heterocycles. The molecule has 0 spiro atoms. The summed E-state index contributed by atoms with van der Waals surface area (Å²) < 4.78 is 7.43. The van der Waals surface area contributed by atoms with E-state index in [0.717, 1.165) is 16.8 Å². The maximum Gasteiger partial charge on any atom is 0.235 e. The molecule has 4 nitrogen and oxygen atoms in total. The summed E-state index contributed by atoms with van der Waals surface area (Å²) in [6.07, 6.45) is 12.7. The maximum atomic E-state index is 4.38. The highest BCUT2D eigenvalue weighted by molar-refractivity contribution is 6.30. The fourth-order valence-corrected chi connectivity index (χ4v) is 7.69. The van der Waals surface area contributed by atoms with E-state index in [0.29, 0.717) is 0 Å². The van der Waals surface area contributed by atoms with Gasteiger partial charge in [0.05, 0.1) is 16.6 Å². The Labute approximate surface area is 259 Å². The molecule has 8 aromatic rings. The molecule has 0 saturated carbocycles. The molecule has 4 heterocycles. The molecule has 1 unspecified atom stereocenters. The van der Waals surface area contributed by atoms with Crippen molar-refractivity contribution in [3.05, 3.63) is 158 Å². The molecule has 1 aliphatic heterocycles. The molecular weight excluding hydrogens is 548 g/mol. The van der Waals surface area contributed by atoms with E-state index >= 15 is 0 Å². The van der Waals surface area contributed by atoms with Crippen LogP contribution in [0.2, 0.25) is 0 Å². The van der Waals surface area contributed by atoms with Crippen LogP contribution in [0.3, 0.4) is 0 Å². The van der Waals surface area contributed by atoms with Gasteiger partial charge in [-0.25, -0.2) is 0 Å². The fourth-order valence-electron chi connectivity index (χ4n) is 7.69. The SMILES string of the molecule is C1=CC2=[N+](c3cccc(-c4cccnc4)c3)c3cccc4c5c6c7ccccc7n(-c7ccccc7)c6ccc5n(c34)C2C=C1. The molecule has 210 valence electrons. The molecule has 1 atom stereocenters. The molecule has 0 radical (unpaired) electrons. The van der Waals surface area contributed by atoms with E-state index in [1.54, 1.807) is 0 Å². The van der Waals surface area contributed by atoms with E-state index < -0.39 is 0 Å².